The van der Waals surface area contributed by atoms with Crippen LogP contribution in [0.3, 0.4) is 0 Å². The highest BCUT2D eigenvalue weighted by Gasteiger charge is 2.01. The van der Waals surface area contributed by atoms with Crippen LogP contribution < -0.4 is 4.74 Å². The van der Waals surface area contributed by atoms with Crippen molar-refractivity contribution in [1.29, 1.82) is 0 Å². The lowest BCUT2D eigenvalue weighted by molar-refractivity contribution is 0.315. The van der Waals surface area contributed by atoms with E-state index in [2.05, 4.69) is 6.58 Å². The van der Waals surface area contributed by atoms with Crippen LogP contribution in [-0.2, 0) is 6.42 Å². The van der Waals surface area contributed by atoms with Gasteiger partial charge in [-0.1, -0.05) is 19.1 Å². The minimum atomic E-state index is 0.276. The first-order chi connectivity index (χ1) is 6.77. The highest BCUT2D eigenvalue weighted by Crippen LogP contribution is 2.24. The van der Waals surface area contributed by atoms with E-state index in [4.69, 9.17) is 4.74 Å². The van der Waals surface area contributed by atoms with Crippen LogP contribution in [0.1, 0.15) is 18.9 Å². The lowest BCUT2D eigenvalue weighted by Gasteiger charge is -2.07. The first-order valence-corrected chi connectivity index (χ1v) is 4.83. The Kier molecular flexibility index (Phi) is 4.05. The summed E-state index contributed by atoms with van der Waals surface area (Å²) in [5, 5.41) is 9.59. The molecule has 2 heteroatoms. The topological polar surface area (TPSA) is 29.5 Å². The first-order valence-electron chi connectivity index (χ1n) is 4.83. The van der Waals surface area contributed by atoms with E-state index < -0.39 is 0 Å². The minimum Gasteiger partial charge on any atom is -0.508 e. The normalized spacial score (nSPS) is 9.79. The fourth-order valence-corrected chi connectivity index (χ4v) is 1.18. The van der Waals surface area contributed by atoms with Gasteiger partial charge in [-0.25, -0.2) is 0 Å². The zero-order chi connectivity index (χ0) is 10.4. The van der Waals surface area contributed by atoms with E-state index in [1.165, 1.54) is 0 Å². The van der Waals surface area contributed by atoms with Crippen LogP contribution in [0.5, 0.6) is 11.5 Å². The molecular formula is C12H16O2. The van der Waals surface area contributed by atoms with Gasteiger partial charge in [0.05, 0.1) is 6.61 Å². The van der Waals surface area contributed by atoms with Gasteiger partial charge < -0.3 is 9.84 Å². The second-order valence-corrected chi connectivity index (χ2v) is 3.13. The standard InChI is InChI=1S/C12H16O2/c1-3-5-10-6-7-11(9-12(10)13)14-8-4-2/h3,6-7,9,13H,1,4-5,8H2,2H3. The monoisotopic (exact) mass is 192 g/mol. The Hall–Kier alpha value is -1.44. The SMILES string of the molecule is C=CCc1ccc(OCCC)cc1O. The Morgan fingerprint density at radius 3 is 2.86 bits per heavy atom. The number of aromatic hydroxyl groups is 1. The molecule has 2 nitrogen and oxygen atoms in total. The van der Waals surface area contributed by atoms with E-state index in [0.717, 1.165) is 17.7 Å². The van der Waals surface area contributed by atoms with E-state index in [1.807, 2.05) is 19.1 Å². The van der Waals surface area contributed by atoms with Crippen LogP contribution >= 0.6 is 0 Å². The molecule has 0 saturated carbocycles. The Balaban J connectivity index is 2.72. The average molecular weight is 192 g/mol. The summed E-state index contributed by atoms with van der Waals surface area (Å²) in [6.07, 6.45) is 3.41. The summed E-state index contributed by atoms with van der Waals surface area (Å²) in [6.45, 7) is 6.36. The number of hydrogen-bond acceptors (Lipinski definition) is 2. The summed E-state index contributed by atoms with van der Waals surface area (Å²) in [5.74, 6) is 0.996. The summed E-state index contributed by atoms with van der Waals surface area (Å²) in [4.78, 5) is 0. The van der Waals surface area contributed by atoms with Gasteiger partial charge in [0.2, 0.25) is 0 Å². The molecule has 0 radical (unpaired) electrons. The van der Waals surface area contributed by atoms with E-state index in [-0.39, 0.29) is 5.75 Å². The maximum absolute atomic E-state index is 9.59. The number of phenolic OH excluding ortho intramolecular Hbond substituents is 1. The van der Waals surface area contributed by atoms with Crippen molar-refractivity contribution in [3.63, 3.8) is 0 Å². The van der Waals surface area contributed by atoms with E-state index >= 15 is 0 Å². The van der Waals surface area contributed by atoms with Crippen molar-refractivity contribution in [2.24, 2.45) is 0 Å². The van der Waals surface area contributed by atoms with Crippen LogP contribution in [0.4, 0.5) is 0 Å². The smallest absolute Gasteiger partial charge is 0.122 e. The van der Waals surface area contributed by atoms with Crippen LogP contribution in [-0.4, -0.2) is 11.7 Å². The highest BCUT2D eigenvalue weighted by molar-refractivity contribution is 5.40. The second kappa shape index (κ2) is 5.32. The van der Waals surface area contributed by atoms with Gasteiger partial charge in [-0.05, 0) is 24.5 Å². The fraction of sp³-hybridized carbons (Fsp3) is 0.333. The van der Waals surface area contributed by atoms with Crippen LogP contribution in [0.2, 0.25) is 0 Å². The molecule has 0 aliphatic rings. The van der Waals surface area contributed by atoms with Crippen LogP contribution in [0, 0.1) is 0 Å². The van der Waals surface area contributed by atoms with Crippen molar-refractivity contribution >= 4 is 0 Å². The van der Waals surface area contributed by atoms with Gasteiger partial charge in [0.25, 0.3) is 0 Å². The molecule has 1 rings (SSSR count). The largest absolute Gasteiger partial charge is 0.508 e. The Morgan fingerprint density at radius 1 is 1.50 bits per heavy atom. The second-order valence-electron chi connectivity index (χ2n) is 3.13. The number of rotatable bonds is 5. The Labute approximate surface area is 84.8 Å². The van der Waals surface area contributed by atoms with Gasteiger partial charge in [-0.15, -0.1) is 6.58 Å². The molecule has 0 bridgehead atoms. The fourth-order valence-electron chi connectivity index (χ4n) is 1.18. The van der Waals surface area contributed by atoms with Gasteiger partial charge in [0, 0.05) is 6.07 Å². The summed E-state index contributed by atoms with van der Waals surface area (Å²) in [5.41, 5.74) is 0.879. The van der Waals surface area contributed by atoms with E-state index in [0.29, 0.717) is 13.0 Å². The number of allylic oxidation sites excluding steroid dienone is 1. The molecule has 0 aliphatic heterocycles. The minimum absolute atomic E-state index is 0.276. The van der Waals surface area contributed by atoms with Gasteiger partial charge in [-0.2, -0.15) is 0 Å². The van der Waals surface area contributed by atoms with E-state index in [9.17, 15) is 5.11 Å². The predicted octanol–water partition coefficient (Wildman–Crippen LogP) is 2.91. The lowest BCUT2D eigenvalue weighted by Crippen LogP contribution is -1.95. The summed E-state index contributed by atoms with van der Waals surface area (Å²) < 4.78 is 5.38. The van der Waals surface area contributed by atoms with Gasteiger partial charge >= 0.3 is 0 Å². The molecule has 0 saturated heterocycles. The van der Waals surface area contributed by atoms with Crippen LogP contribution in [0.15, 0.2) is 30.9 Å². The zero-order valence-electron chi connectivity index (χ0n) is 8.49. The molecule has 0 heterocycles. The predicted molar refractivity (Wildman–Crippen MR) is 57.8 cm³/mol. The number of benzene rings is 1. The molecule has 0 amide bonds. The molecule has 0 atom stereocenters. The molecule has 76 valence electrons. The lowest BCUT2D eigenvalue weighted by atomic mass is 10.1. The van der Waals surface area contributed by atoms with Crippen molar-refractivity contribution in [3.8, 4) is 11.5 Å². The maximum Gasteiger partial charge on any atom is 0.122 e. The molecule has 1 N–H and O–H groups in total. The highest BCUT2D eigenvalue weighted by atomic mass is 16.5. The maximum atomic E-state index is 9.59. The van der Waals surface area contributed by atoms with Crippen molar-refractivity contribution in [2.75, 3.05) is 6.61 Å². The third kappa shape index (κ3) is 2.80. The van der Waals surface area contributed by atoms with Crippen LogP contribution in [0.25, 0.3) is 0 Å². The van der Waals surface area contributed by atoms with E-state index in [1.54, 1.807) is 12.1 Å². The summed E-state index contributed by atoms with van der Waals surface area (Å²) in [6, 6.07) is 5.38. The first kappa shape index (κ1) is 10.6. The van der Waals surface area contributed by atoms with Gasteiger partial charge in [0.15, 0.2) is 0 Å². The third-order valence-corrected chi connectivity index (χ3v) is 1.89. The number of ether oxygens (including phenoxy) is 1. The number of hydrogen-bond donors (Lipinski definition) is 1. The number of phenols is 1. The van der Waals surface area contributed by atoms with Crippen molar-refractivity contribution in [1.82, 2.24) is 0 Å². The molecule has 0 aromatic heterocycles. The van der Waals surface area contributed by atoms with Crippen molar-refractivity contribution in [2.45, 2.75) is 19.8 Å². The summed E-state index contributed by atoms with van der Waals surface area (Å²) >= 11 is 0. The molecular weight excluding hydrogens is 176 g/mol. The molecule has 0 aliphatic carbocycles. The Bertz CT molecular complexity index is 305. The molecule has 1 aromatic rings. The van der Waals surface area contributed by atoms with Gasteiger partial charge in [0.1, 0.15) is 11.5 Å². The molecule has 1 aromatic carbocycles. The quantitative estimate of drug-likeness (QED) is 0.727. The molecule has 0 spiro atoms. The van der Waals surface area contributed by atoms with Crippen molar-refractivity contribution in [3.05, 3.63) is 36.4 Å². The zero-order valence-corrected chi connectivity index (χ0v) is 8.49. The molecule has 0 fully saturated rings. The third-order valence-electron chi connectivity index (χ3n) is 1.89. The van der Waals surface area contributed by atoms with Gasteiger partial charge in [-0.3, -0.25) is 0 Å². The molecule has 14 heavy (non-hydrogen) atoms. The van der Waals surface area contributed by atoms with Crippen molar-refractivity contribution < 1.29 is 9.84 Å². The molecule has 0 unspecified atom stereocenters. The Morgan fingerprint density at radius 2 is 2.29 bits per heavy atom. The summed E-state index contributed by atoms with van der Waals surface area (Å²) in [7, 11) is 0. The average Bonchev–Trinajstić information content (AvgIpc) is 2.19.